The maximum Gasteiger partial charge on any atom is 0.313 e. The van der Waals surface area contributed by atoms with Gasteiger partial charge in [0.1, 0.15) is 29.8 Å². The van der Waals surface area contributed by atoms with E-state index in [1.807, 2.05) is 32.1 Å². The van der Waals surface area contributed by atoms with Crippen molar-refractivity contribution in [3.05, 3.63) is 87.4 Å². The number of rotatable bonds is 7. The van der Waals surface area contributed by atoms with Crippen LogP contribution in [-0.4, -0.2) is 90.4 Å². The Morgan fingerprint density at radius 1 is 1.08 bits per heavy atom. The average molecular weight is 771 g/mol. The number of cyclic esters (lactones) is 1. The van der Waals surface area contributed by atoms with Crippen LogP contribution in [0.1, 0.15) is 43.4 Å². The number of aryl methyl sites for hydroxylation is 1. The molecule has 0 radical (unpaired) electrons. The highest BCUT2D eigenvalue weighted by Gasteiger charge is 2.75. The summed E-state index contributed by atoms with van der Waals surface area (Å²) in [6, 6.07) is 11.6. The maximum atomic E-state index is 15.1. The summed E-state index contributed by atoms with van der Waals surface area (Å²) < 4.78 is 18.9. The molecule has 13 heteroatoms. The number of carbonyl (C=O) groups excluding carboxylic acids is 4. The Morgan fingerprint density at radius 2 is 1.84 bits per heavy atom. The molecule has 3 amide bonds. The van der Waals surface area contributed by atoms with E-state index in [0.29, 0.717) is 33.6 Å². The third-order valence-electron chi connectivity index (χ3n) is 10.1. The van der Waals surface area contributed by atoms with Gasteiger partial charge in [-0.05, 0) is 43.0 Å². The molecule has 2 aromatic rings. The Bertz CT molecular complexity index is 1680. The summed E-state index contributed by atoms with van der Waals surface area (Å²) in [6.45, 7) is 3.37. The van der Waals surface area contributed by atoms with Crippen molar-refractivity contribution >= 4 is 56.9 Å². The third-order valence-corrected chi connectivity index (χ3v) is 11.1. The van der Waals surface area contributed by atoms with Gasteiger partial charge in [-0.1, -0.05) is 89.1 Å². The number of likely N-dealkylation sites (tertiary alicyclic amines) is 1. The number of ether oxygens (including phenoxy) is 3. The van der Waals surface area contributed by atoms with E-state index >= 15 is 4.79 Å². The first-order chi connectivity index (χ1) is 24.1. The summed E-state index contributed by atoms with van der Waals surface area (Å²) in [5, 5.41) is 13.9. The van der Waals surface area contributed by atoms with Crippen LogP contribution in [0, 0.1) is 18.8 Å². The first-order valence-electron chi connectivity index (χ1n) is 16.8. The lowest BCUT2D eigenvalue weighted by Crippen LogP contribution is -2.58. The van der Waals surface area contributed by atoms with E-state index < -0.39 is 72.2 Å². The average Bonchev–Trinajstić information content (AvgIpc) is 3.69. The van der Waals surface area contributed by atoms with Gasteiger partial charge in [-0.25, -0.2) is 0 Å². The van der Waals surface area contributed by atoms with E-state index in [4.69, 9.17) is 25.8 Å². The number of para-hydroxylation sites is 1. The summed E-state index contributed by atoms with van der Waals surface area (Å²) in [5.74, 6) is -4.25. The van der Waals surface area contributed by atoms with Gasteiger partial charge in [0, 0.05) is 24.6 Å². The summed E-state index contributed by atoms with van der Waals surface area (Å²) in [4.78, 5) is 60.6. The highest BCUT2D eigenvalue weighted by molar-refractivity contribution is 9.11. The zero-order valence-electron chi connectivity index (χ0n) is 28.1. The molecule has 2 N–H and O–H groups in total. The fraction of sp³-hybridized carbons (Fsp3) is 0.459. The number of methoxy groups -OCH3 is 1. The third kappa shape index (κ3) is 6.30. The maximum absolute atomic E-state index is 15.1. The van der Waals surface area contributed by atoms with Crippen molar-refractivity contribution in [1.29, 1.82) is 0 Å². The molecule has 6 rings (SSSR count). The zero-order valence-corrected chi connectivity index (χ0v) is 30.4. The van der Waals surface area contributed by atoms with E-state index in [2.05, 4.69) is 21.2 Å². The highest BCUT2D eigenvalue weighted by atomic mass is 79.9. The van der Waals surface area contributed by atoms with Gasteiger partial charge < -0.3 is 34.4 Å². The van der Waals surface area contributed by atoms with Gasteiger partial charge in [0.2, 0.25) is 11.8 Å². The number of amides is 3. The number of halogens is 2. The molecule has 4 aliphatic rings. The van der Waals surface area contributed by atoms with Gasteiger partial charge >= 0.3 is 5.97 Å². The summed E-state index contributed by atoms with van der Waals surface area (Å²) >= 11 is 10.3. The van der Waals surface area contributed by atoms with Crippen molar-refractivity contribution in [1.82, 2.24) is 10.2 Å². The quantitative estimate of drug-likeness (QED) is 0.313. The lowest BCUT2D eigenvalue weighted by molar-refractivity contribution is -0.162. The molecule has 4 heterocycles. The minimum atomic E-state index is -1.56. The van der Waals surface area contributed by atoms with E-state index in [1.54, 1.807) is 48.6 Å². The Hall–Kier alpha value is -3.55. The predicted octanol–water partition coefficient (Wildman–Crippen LogP) is 4.39. The Morgan fingerprint density at radius 3 is 2.52 bits per heavy atom. The molecule has 2 saturated heterocycles. The fourth-order valence-corrected chi connectivity index (χ4v) is 8.88. The van der Waals surface area contributed by atoms with Crippen molar-refractivity contribution in [2.24, 2.45) is 11.8 Å². The van der Waals surface area contributed by atoms with Crippen molar-refractivity contribution in [2.45, 2.75) is 69.0 Å². The molecular weight excluding hydrogens is 730 g/mol. The van der Waals surface area contributed by atoms with Crippen LogP contribution in [0.15, 0.2) is 71.2 Å². The van der Waals surface area contributed by atoms with E-state index in [1.165, 1.54) is 16.9 Å². The highest BCUT2D eigenvalue weighted by Crippen LogP contribution is 2.59. The topological polar surface area (TPSA) is 135 Å². The lowest BCUT2D eigenvalue weighted by atomic mass is 9.74. The number of aliphatic hydroxyl groups excluding tert-OH is 1. The number of hydrogen-bond donors (Lipinski definition) is 2. The van der Waals surface area contributed by atoms with Gasteiger partial charge in [-0.2, -0.15) is 0 Å². The van der Waals surface area contributed by atoms with Crippen LogP contribution in [-0.2, 0) is 33.4 Å². The van der Waals surface area contributed by atoms with Gasteiger partial charge in [0.15, 0.2) is 0 Å². The standard InChI is InChI=1S/C37H41BrClN3O8/c1-4-23(19-43)42-33-35(46)41(30-21(2)12-11-15-25(30)39)17-10-6-9-16-27(44)40-26(20-48-3)31(22-13-7-5-8-14-22)49-36(47)28-29(34(42)45)37(33)18-24(38)32(28)50-37/h5-8,10-15,18,23,26,28-29,31-33,43H,4,9,16-17,19-20H2,1-3H3,(H,40,44)/b10-6-/t23-,26-,28+,29-,31-,32+,33+,37-/m0/s1. The summed E-state index contributed by atoms with van der Waals surface area (Å²) in [5.41, 5.74) is 0.258. The largest absolute Gasteiger partial charge is 0.455 e. The monoisotopic (exact) mass is 769 g/mol. The van der Waals surface area contributed by atoms with E-state index in [-0.39, 0.29) is 25.5 Å². The van der Waals surface area contributed by atoms with Crippen molar-refractivity contribution in [3.8, 4) is 0 Å². The second-order valence-corrected chi connectivity index (χ2v) is 14.4. The minimum Gasteiger partial charge on any atom is -0.455 e. The van der Waals surface area contributed by atoms with Crippen molar-refractivity contribution in [2.75, 3.05) is 31.8 Å². The number of nitrogens with zero attached hydrogens (tertiary/aromatic N) is 2. The Labute approximate surface area is 304 Å². The first kappa shape index (κ1) is 36.2. The van der Waals surface area contributed by atoms with Gasteiger partial charge in [-0.3, -0.25) is 19.2 Å². The summed E-state index contributed by atoms with van der Waals surface area (Å²) in [6.07, 6.45) is 4.28. The number of aliphatic hydroxyl groups is 1. The van der Waals surface area contributed by atoms with E-state index in [0.717, 1.165) is 5.56 Å². The minimum absolute atomic E-state index is 0.0418. The smallest absolute Gasteiger partial charge is 0.313 e. The second-order valence-electron chi connectivity index (χ2n) is 13.1. The molecule has 0 saturated carbocycles. The second kappa shape index (κ2) is 15.0. The molecule has 0 unspecified atom stereocenters. The number of hydrogen-bond acceptors (Lipinski definition) is 8. The molecule has 0 aliphatic carbocycles. The number of nitrogens with one attached hydrogen (secondary N) is 1. The SMILES string of the molecule is CC[C@@H](CO)N1C(=O)[C@@H]2[C@H]3C(=O)O[C@@H](c4ccccc4)[C@H](COC)NC(=O)CC/C=C\CN(c4c(C)cccc4Cl)C(=O)[C@@H]1[C@]21C=C(Br)[C@H]3O1. The van der Waals surface area contributed by atoms with Gasteiger partial charge in [0.25, 0.3) is 5.91 Å². The molecule has 266 valence electrons. The number of carbonyl (C=O) groups is 4. The first-order valence-corrected chi connectivity index (χ1v) is 18.0. The molecule has 8 atom stereocenters. The number of fused-ring (bicyclic) bond motifs is 2. The molecule has 50 heavy (non-hydrogen) atoms. The van der Waals surface area contributed by atoms with Crippen LogP contribution < -0.4 is 10.2 Å². The number of anilines is 1. The molecule has 5 bridgehead atoms. The molecule has 11 nitrogen and oxygen atoms in total. The van der Waals surface area contributed by atoms with Crippen LogP contribution in [0.3, 0.4) is 0 Å². The molecule has 0 aromatic heterocycles. The zero-order chi connectivity index (χ0) is 35.7. The normalized spacial score (nSPS) is 31.3. The van der Waals surface area contributed by atoms with Crippen LogP contribution in [0.2, 0.25) is 5.02 Å². The molecular formula is C37H41BrClN3O8. The number of benzene rings is 2. The van der Waals surface area contributed by atoms with Crippen molar-refractivity contribution < 1.29 is 38.5 Å². The number of allylic oxidation sites excluding steroid dienone is 1. The Kier molecular flexibility index (Phi) is 10.9. The van der Waals surface area contributed by atoms with Crippen LogP contribution in [0.5, 0.6) is 0 Å². The molecule has 2 aromatic carbocycles. The van der Waals surface area contributed by atoms with Crippen LogP contribution in [0.25, 0.3) is 0 Å². The van der Waals surface area contributed by atoms with E-state index in [9.17, 15) is 19.5 Å². The lowest BCUT2D eigenvalue weighted by Gasteiger charge is -2.39. The number of esters is 1. The molecule has 2 fully saturated rings. The Balaban J connectivity index is 1.52. The predicted molar refractivity (Wildman–Crippen MR) is 189 cm³/mol. The van der Waals surface area contributed by atoms with Crippen LogP contribution in [0.4, 0.5) is 5.69 Å². The fourth-order valence-electron chi connectivity index (χ4n) is 7.82. The van der Waals surface area contributed by atoms with Crippen molar-refractivity contribution in [3.63, 3.8) is 0 Å². The van der Waals surface area contributed by atoms with Gasteiger partial charge in [-0.15, -0.1) is 0 Å². The molecule has 4 aliphatic heterocycles. The summed E-state index contributed by atoms with van der Waals surface area (Å²) in [7, 11) is 1.50. The molecule has 1 spiro atoms. The van der Waals surface area contributed by atoms with Gasteiger partial charge in [0.05, 0.1) is 41.9 Å². The van der Waals surface area contributed by atoms with Crippen LogP contribution >= 0.6 is 27.5 Å².